The predicted octanol–water partition coefficient (Wildman–Crippen LogP) is 5.47. The number of nitrogens with one attached hydrogen (secondary N) is 3. The van der Waals surface area contributed by atoms with E-state index >= 15 is 0 Å². The number of para-hydroxylation sites is 1. The number of piperidine rings is 1. The van der Waals surface area contributed by atoms with E-state index in [4.69, 9.17) is 0 Å². The second-order valence-electron chi connectivity index (χ2n) is 8.41. The quantitative estimate of drug-likeness (QED) is 0.578. The van der Waals surface area contributed by atoms with Gasteiger partial charge in [0.2, 0.25) is 0 Å². The SMILES string of the molecule is CCC(C)NC(=O)c1cc(NC(=O)Nc2c(C)cccc2C)ccc1N1CCCCC1. The maximum Gasteiger partial charge on any atom is 0.323 e. The number of carbonyl (C=O) groups excluding carboxylic acids is 2. The second kappa shape index (κ2) is 10.3. The molecule has 6 heteroatoms. The average molecular weight is 423 g/mol. The summed E-state index contributed by atoms with van der Waals surface area (Å²) in [6.07, 6.45) is 4.35. The van der Waals surface area contributed by atoms with Crippen molar-refractivity contribution in [2.75, 3.05) is 28.6 Å². The number of aryl methyl sites for hydroxylation is 2. The Hall–Kier alpha value is -3.02. The molecule has 3 N–H and O–H groups in total. The minimum absolute atomic E-state index is 0.0886. The molecule has 166 valence electrons. The zero-order valence-corrected chi connectivity index (χ0v) is 19.0. The zero-order valence-electron chi connectivity index (χ0n) is 19.0. The van der Waals surface area contributed by atoms with Gasteiger partial charge >= 0.3 is 6.03 Å². The molecule has 3 amide bonds. The summed E-state index contributed by atoms with van der Waals surface area (Å²) in [5, 5.41) is 8.89. The third-order valence-corrected chi connectivity index (χ3v) is 5.91. The Morgan fingerprint density at radius 1 is 1.00 bits per heavy atom. The molecule has 6 nitrogen and oxygen atoms in total. The summed E-state index contributed by atoms with van der Waals surface area (Å²) < 4.78 is 0. The van der Waals surface area contributed by atoms with Crippen molar-refractivity contribution < 1.29 is 9.59 Å². The van der Waals surface area contributed by atoms with Crippen LogP contribution in [0.4, 0.5) is 21.9 Å². The molecule has 1 heterocycles. The van der Waals surface area contributed by atoms with Crippen LogP contribution < -0.4 is 20.9 Å². The molecular formula is C25H34N4O2. The normalized spacial score (nSPS) is 14.6. The molecular weight excluding hydrogens is 388 g/mol. The van der Waals surface area contributed by atoms with Gasteiger partial charge in [0.25, 0.3) is 5.91 Å². The lowest BCUT2D eigenvalue weighted by atomic mass is 10.1. The third-order valence-electron chi connectivity index (χ3n) is 5.91. The van der Waals surface area contributed by atoms with Crippen LogP contribution in [0, 0.1) is 13.8 Å². The average Bonchev–Trinajstić information content (AvgIpc) is 2.76. The molecule has 1 fully saturated rings. The summed E-state index contributed by atoms with van der Waals surface area (Å²) in [6, 6.07) is 11.3. The Morgan fingerprint density at radius 3 is 2.32 bits per heavy atom. The van der Waals surface area contributed by atoms with E-state index in [0.29, 0.717) is 11.3 Å². The molecule has 0 spiro atoms. The van der Waals surface area contributed by atoms with Gasteiger partial charge in [0.1, 0.15) is 0 Å². The number of rotatable bonds is 6. The number of carbonyl (C=O) groups is 2. The first kappa shape index (κ1) is 22.7. The van der Waals surface area contributed by atoms with Crippen molar-refractivity contribution >= 4 is 29.0 Å². The summed E-state index contributed by atoms with van der Waals surface area (Å²) in [7, 11) is 0. The lowest BCUT2D eigenvalue weighted by molar-refractivity contribution is 0.0939. The molecule has 1 aliphatic heterocycles. The summed E-state index contributed by atoms with van der Waals surface area (Å²) in [6.45, 7) is 9.87. The Morgan fingerprint density at radius 2 is 1.68 bits per heavy atom. The van der Waals surface area contributed by atoms with Crippen LogP contribution >= 0.6 is 0 Å². The van der Waals surface area contributed by atoms with Crippen LogP contribution in [0.2, 0.25) is 0 Å². The highest BCUT2D eigenvalue weighted by Crippen LogP contribution is 2.28. The van der Waals surface area contributed by atoms with E-state index in [0.717, 1.165) is 54.9 Å². The van der Waals surface area contributed by atoms with E-state index in [-0.39, 0.29) is 18.0 Å². The van der Waals surface area contributed by atoms with Gasteiger partial charge < -0.3 is 20.9 Å². The highest BCUT2D eigenvalue weighted by Gasteiger charge is 2.20. The van der Waals surface area contributed by atoms with Gasteiger partial charge in [-0.05, 0) is 75.8 Å². The fourth-order valence-electron chi connectivity index (χ4n) is 3.90. The number of urea groups is 1. The molecule has 31 heavy (non-hydrogen) atoms. The number of anilines is 3. The van der Waals surface area contributed by atoms with E-state index in [1.807, 2.05) is 58.0 Å². The lowest BCUT2D eigenvalue weighted by Crippen LogP contribution is -2.35. The van der Waals surface area contributed by atoms with Gasteiger partial charge in [-0.3, -0.25) is 4.79 Å². The number of hydrogen-bond donors (Lipinski definition) is 3. The molecule has 1 saturated heterocycles. The molecule has 0 aliphatic carbocycles. The maximum absolute atomic E-state index is 13.0. The summed E-state index contributed by atoms with van der Waals surface area (Å²) in [5.74, 6) is -0.103. The maximum atomic E-state index is 13.0. The molecule has 0 bridgehead atoms. The van der Waals surface area contributed by atoms with Crippen LogP contribution in [0.1, 0.15) is 61.0 Å². The molecule has 2 aromatic rings. The van der Waals surface area contributed by atoms with Crippen molar-refractivity contribution in [1.29, 1.82) is 0 Å². The standard InChI is InChI=1S/C25H34N4O2/c1-5-19(4)26-24(30)21-16-20(12-13-22(21)29-14-7-6-8-15-29)27-25(31)28-23-17(2)10-9-11-18(23)3/h9-13,16,19H,5-8,14-15H2,1-4H3,(H,26,30)(H2,27,28,31). The van der Waals surface area contributed by atoms with E-state index in [9.17, 15) is 9.59 Å². The molecule has 0 saturated carbocycles. The smallest absolute Gasteiger partial charge is 0.323 e. The molecule has 3 rings (SSSR count). The second-order valence-corrected chi connectivity index (χ2v) is 8.41. The van der Waals surface area contributed by atoms with Crippen molar-refractivity contribution in [1.82, 2.24) is 5.32 Å². The van der Waals surface area contributed by atoms with Crippen molar-refractivity contribution in [3.8, 4) is 0 Å². The number of hydrogen-bond acceptors (Lipinski definition) is 3. The van der Waals surface area contributed by atoms with Crippen LogP contribution in [0.15, 0.2) is 36.4 Å². The summed E-state index contributed by atoms with van der Waals surface area (Å²) in [5.41, 5.74) is 4.94. The number of nitrogens with zero attached hydrogens (tertiary/aromatic N) is 1. The first-order valence-electron chi connectivity index (χ1n) is 11.2. The predicted molar refractivity (Wildman–Crippen MR) is 128 cm³/mol. The summed E-state index contributed by atoms with van der Waals surface area (Å²) >= 11 is 0. The van der Waals surface area contributed by atoms with Gasteiger partial charge in [-0.2, -0.15) is 0 Å². The minimum atomic E-state index is -0.323. The first-order chi connectivity index (χ1) is 14.9. The number of benzene rings is 2. The summed E-state index contributed by atoms with van der Waals surface area (Å²) in [4.78, 5) is 27.9. The van der Waals surface area contributed by atoms with Crippen molar-refractivity contribution in [3.05, 3.63) is 53.1 Å². The highest BCUT2D eigenvalue weighted by molar-refractivity contribution is 6.04. The van der Waals surface area contributed by atoms with Crippen molar-refractivity contribution in [2.45, 2.75) is 59.4 Å². The van der Waals surface area contributed by atoms with Crippen LogP contribution in [0.25, 0.3) is 0 Å². The van der Waals surface area contributed by atoms with E-state index < -0.39 is 0 Å². The van der Waals surface area contributed by atoms with Gasteiger partial charge in [0.05, 0.1) is 5.56 Å². The largest absolute Gasteiger partial charge is 0.371 e. The zero-order chi connectivity index (χ0) is 22.4. The van der Waals surface area contributed by atoms with Crippen LogP contribution in [0.3, 0.4) is 0 Å². The molecule has 1 aliphatic rings. The topological polar surface area (TPSA) is 73.5 Å². The van der Waals surface area contributed by atoms with Gasteiger partial charge in [-0.25, -0.2) is 4.79 Å². The molecule has 1 atom stereocenters. The first-order valence-corrected chi connectivity index (χ1v) is 11.2. The number of amides is 3. The van der Waals surface area contributed by atoms with Gasteiger partial charge in [-0.1, -0.05) is 25.1 Å². The van der Waals surface area contributed by atoms with E-state index in [1.54, 1.807) is 6.07 Å². The molecule has 1 unspecified atom stereocenters. The highest BCUT2D eigenvalue weighted by atomic mass is 16.2. The monoisotopic (exact) mass is 422 g/mol. The minimum Gasteiger partial charge on any atom is -0.371 e. The Bertz CT molecular complexity index is 915. The lowest BCUT2D eigenvalue weighted by Gasteiger charge is -2.31. The molecule has 0 radical (unpaired) electrons. The Labute approximate surface area is 185 Å². The Balaban J connectivity index is 1.82. The van der Waals surface area contributed by atoms with Gasteiger partial charge in [0.15, 0.2) is 0 Å². The van der Waals surface area contributed by atoms with Gasteiger partial charge in [-0.15, -0.1) is 0 Å². The van der Waals surface area contributed by atoms with E-state index in [2.05, 4.69) is 20.9 Å². The van der Waals surface area contributed by atoms with Crippen molar-refractivity contribution in [3.63, 3.8) is 0 Å². The van der Waals surface area contributed by atoms with Crippen LogP contribution in [-0.2, 0) is 0 Å². The van der Waals surface area contributed by atoms with Crippen LogP contribution in [-0.4, -0.2) is 31.1 Å². The fraction of sp³-hybridized carbons (Fsp3) is 0.440. The third kappa shape index (κ3) is 5.78. The van der Waals surface area contributed by atoms with Gasteiger partial charge in [0, 0.05) is 36.2 Å². The Kier molecular flexibility index (Phi) is 7.55. The fourth-order valence-corrected chi connectivity index (χ4v) is 3.90. The van der Waals surface area contributed by atoms with E-state index in [1.165, 1.54) is 6.42 Å². The van der Waals surface area contributed by atoms with Crippen LogP contribution in [0.5, 0.6) is 0 Å². The van der Waals surface area contributed by atoms with Crippen molar-refractivity contribution in [2.24, 2.45) is 0 Å². The molecule has 0 aromatic heterocycles. The molecule has 2 aromatic carbocycles.